The molecule has 0 spiro atoms. The number of hydrogen-bond donors (Lipinski definition) is 0. The van der Waals surface area contributed by atoms with Crippen LogP contribution in [0, 0.1) is 5.41 Å². The molecule has 0 bridgehead atoms. The SMILES string of the molecule is C=CC(C)(C)C(CCCCCCCC)Oc1ccccc1. The smallest absolute Gasteiger partial charge is 0.119 e. The summed E-state index contributed by atoms with van der Waals surface area (Å²) in [6.45, 7) is 10.7. The highest BCUT2D eigenvalue weighted by molar-refractivity contribution is 5.21. The van der Waals surface area contributed by atoms with E-state index in [0.29, 0.717) is 0 Å². The summed E-state index contributed by atoms with van der Waals surface area (Å²) in [4.78, 5) is 0. The van der Waals surface area contributed by atoms with Gasteiger partial charge >= 0.3 is 0 Å². The molecule has 1 aromatic rings. The van der Waals surface area contributed by atoms with Crippen LogP contribution < -0.4 is 4.74 Å². The molecule has 0 aliphatic heterocycles. The molecule has 1 unspecified atom stereocenters. The summed E-state index contributed by atoms with van der Waals surface area (Å²) in [7, 11) is 0. The number of rotatable bonds is 11. The van der Waals surface area contributed by atoms with E-state index in [-0.39, 0.29) is 11.5 Å². The molecule has 0 saturated heterocycles. The number of unbranched alkanes of at least 4 members (excludes halogenated alkanes) is 5. The Kier molecular flexibility index (Phi) is 8.19. The monoisotopic (exact) mass is 288 g/mol. The molecule has 0 aromatic heterocycles. The molecular formula is C20H32O. The van der Waals surface area contributed by atoms with Gasteiger partial charge in [0.05, 0.1) is 0 Å². The Morgan fingerprint density at radius 3 is 2.29 bits per heavy atom. The third-order valence-corrected chi connectivity index (χ3v) is 4.20. The van der Waals surface area contributed by atoms with Gasteiger partial charge in [-0.25, -0.2) is 0 Å². The lowest BCUT2D eigenvalue weighted by atomic mass is 9.83. The Balaban J connectivity index is 2.48. The first-order valence-corrected chi connectivity index (χ1v) is 8.45. The van der Waals surface area contributed by atoms with E-state index >= 15 is 0 Å². The van der Waals surface area contributed by atoms with Crippen molar-refractivity contribution in [3.63, 3.8) is 0 Å². The first-order chi connectivity index (χ1) is 10.1. The van der Waals surface area contributed by atoms with Crippen LogP contribution in [-0.2, 0) is 0 Å². The normalized spacial score (nSPS) is 12.9. The van der Waals surface area contributed by atoms with E-state index in [2.05, 4.69) is 27.4 Å². The molecule has 0 heterocycles. The quantitative estimate of drug-likeness (QED) is 0.338. The fourth-order valence-electron chi connectivity index (χ4n) is 2.49. The maximum Gasteiger partial charge on any atom is 0.119 e. The average Bonchev–Trinajstić information content (AvgIpc) is 2.50. The van der Waals surface area contributed by atoms with Crippen molar-refractivity contribution in [2.45, 2.75) is 71.8 Å². The van der Waals surface area contributed by atoms with Gasteiger partial charge < -0.3 is 4.74 Å². The highest BCUT2D eigenvalue weighted by atomic mass is 16.5. The van der Waals surface area contributed by atoms with Crippen molar-refractivity contribution in [3.8, 4) is 5.75 Å². The first kappa shape index (κ1) is 17.8. The highest BCUT2D eigenvalue weighted by Crippen LogP contribution is 2.30. The minimum Gasteiger partial charge on any atom is -0.490 e. The van der Waals surface area contributed by atoms with Gasteiger partial charge in [0.2, 0.25) is 0 Å². The molecule has 0 saturated carbocycles. The van der Waals surface area contributed by atoms with E-state index in [4.69, 9.17) is 4.74 Å². The Labute approximate surface area is 131 Å². The Morgan fingerprint density at radius 2 is 1.67 bits per heavy atom. The maximum atomic E-state index is 6.23. The van der Waals surface area contributed by atoms with Crippen molar-refractivity contribution in [2.75, 3.05) is 0 Å². The Morgan fingerprint density at radius 1 is 1.05 bits per heavy atom. The van der Waals surface area contributed by atoms with E-state index in [0.717, 1.165) is 12.2 Å². The standard InChI is InChI=1S/C20H32O/c1-5-7-8-9-10-14-17-19(20(3,4)6-2)21-18-15-12-11-13-16-18/h6,11-13,15-16,19H,2,5,7-10,14,17H2,1,3-4H3. The number of ether oxygens (including phenoxy) is 1. The predicted molar refractivity (Wildman–Crippen MR) is 92.8 cm³/mol. The molecule has 0 amide bonds. The van der Waals surface area contributed by atoms with Gasteiger partial charge in [0, 0.05) is 5.41 Å². The molecule has 0 radical (unpaired) electrons. The second-order valence-electron chi connectivity index (χ2n) is 6.50. The summed E-state index contributed by atoms with van der Waals surface area (Å²) in [5.41, 5.74) is -0.000734. The number of para-hydroxylation sites is 1. The Hall–Kier alpha value is -1.24. The molecule has 1 rings (SSSR count). The second-order valence-corrected chi connectivity index (χ2v) is 6.50. The molecule has 1 atom stereocenters. The van der Waals surface area contributed by atoms with Gasteiger partial charge in [0.1, 0.15) is 11.9 Å². The first-order valence-electron chi connectivity index (χ1n) is 8.45. The van der Waals surface area contributed by atoms with Crippen LogP contribution in [0.1, 0.15) is 65.7 Å². The van der Waals surface area contributed by atoms with Crippen LogP contribution >= 0.6 is 0 Å². The van der Waals surface area contributed by atoms with E-state index in [9.17, 15) is 0 Å². The fourth-order valence-corrected chi connectivity index (χ4v) is 2.49. The van der Waals surface area contributed by atoms with Crippen molar-refractivity contribution in [1.82, 2.24) is 0 Å². The van der Waals surface area contributed by atoms with Gasteiger partial charge in [-0.05, 0) is 25.0 Å². The Bertz CT molecular complexity index is 380. The highest BCUT2D eigenvalue weighted by Gasteiger charge is 2.27. The maximum absolute atomic E-state index is 6.23. The van der Waals surface area contributed by atoms with Gasteiger partial charge in [-0.3, -0.25) is 0 Å². The van der Waals surface area contributed by atoms with Crippen LogP contribution in [0.15, 0.2) is 43.0 Å². The molecule has 0 aliphatic carbocycles. The zero-order valence-corrected chi connectivity index (χ0v) is 14.1. The van der Waals surface area contributed by atoms with Gasteiger partial charge in [0.25, 0.3) is 0 Å². The van der Waals surface area contributed by atoms with E-state index in [1.807, 2.05) is 36.4 Å². The zero-order chi connectivity index (χ0) is 15.6. The molecule has 0 N–H and O–H groups in total. The molecule has 0 fully saturated rings. The van der Waals surface area contributed by atoms with Crippen LogP contribution in [-0.4, -0.2) is 6.10 Å². The van der Waals surface area contributed by atoms with Gasteiger partial charge in [-0.15, -0.1) is 6.58 Å². The summed E-state index contributed by atoms with van der Waals surface area (Å²) in [6, 6.07) is 10.1. The topological polar surface area (TPSA) is 9.23 Å². The number of hydrogen-bond acceptors (Lipinski definition) is 1. The van der Waals surface area contributed by atoms with Crippen LogP contribution in [0.4, 0.5) is 0 Å². The van der Waals surface area contributed by atoms with E-state index in [1.54, 1.807) is 0 Å². The van der Waals surface area contributed by atoms with Crippen molar-refractivity contribution in [2.24, 2.45) is 5.41 Å². The summed E-state index contributed by atoms with van der Waals surface area (Å²) in [5, 5.41) is 0. The van der Waals surface area contributed by atoms with Gasteiger partial charge in [-0.1, -0.05) is 77.2 Å². The molecule has 21 heavy (non-hydrogen) atoms. The largest absolute Gasteiger partial charge is 0.490 e. The van der Waals surface area contributed by atoms with Crippen molar-refractivity contribution in [3.05, 3.63) is 43.0 Å². The van der Waals surface area contributed by atoms with Gasteiger partial charge in [0.15, 0.2) is 0 Å². The van der Waals surface area contributed by atoms with Crippen LogP contribution in [0.3, 0.4) is 0 Å². The van der Waals surface area contributed by atoms with Crippen LogP contribution in [0.2, 0.25) is 0 Å². The molecule has 1 nitrogen and oxygen atoms in total. The van der Waals surface area contributed by atoms with E-state index in [1.165, 1.54) is 38.5 Å². The van der Waals surface area contributed by atoms with Crippen molar-refractivity contribution < 1.29 is 4.74 Å². The summed E-state index contributed by atoms with van der Waals surface area (Å²) < 4.78 is 6.23. The summed E-state index contributed by atoms with van der Waals surface area (Å²) in [5.74, 6) is 0.961. The molecule has 1 heteroatoms. The molecule has 1 aromatic carbocycles. The second kappa shape index (κ2) is 9.65. The summed E-state index contributed by atoms with van der Waals surface area (Å²) >= 11 is 0. The average molecular weight is 288 g/mol. The molecule has 118 valence electrons. The summed E-state index contributed by atoms with van der Waals surface area (Å²) in [6.07, 6.45) is 11.2. The minimum atomic E-state index is -0.000734. The lowest BCUT2D eigenvalue weighted by Crippen LogP contribution is -2.33. The van der Waals surface area contributed by atoms with Crippen molar-refractivity contribution in [1.29, 1.82) is 0 Å². The predicted octanol–water partition coefficient (Wildman–Crippen LogP) is 6.40. The molecular weight excluding hydrogens is 256 g/mol. The van der Waals surface area contributed by atoms with Gasteiger partial charge in [-0.2, -0.15) is 0 Å². The third kappa shape index (κ3) is 6.84. The van der Waals surface area contributed by atoms with Crippen LogP contribution in [0.5, 0.6) is 5.75 Å². The lowest BCUT2D eigenvalue weighted by Gasteiger charge is -2.32. The minimum absolute atomic E-state index is 0.000734. The fraction of sp³-hybridized carbons (Fsp3) is 0.600. The van der Waals surface area contributed by atoms with Crippen molar-refractivity contribution >= 4 is 0 Å². The zero-order valence-electron chi connectivity index (χ0n) is 14.1. The molecule has 0 aliphatic rings. The number of benzene rings is 1. The van der Waals surface area contributed by atoms with Crippen LogP contribution in [0.25, 0.3) is 0 Å². The van der Waals surface area contributed by atoms with E-state index < -0.39 is 0 Å². The third-order valence-electron chi connectivity index (χ3n) is 4.20. The lowest BCUT2D eigenvalue weighted by molar-refractivity contribution is 0.0954.